The maximum absolute atomic E-state index is 11.3. The average Bonchev–Trinajstić information content (AvgIpc) is 2.69. The van der Waals surface area contributed by atoms with Crippen LogP contribution in [0, 0.1) is 0 Å². The monoisotopic (exact) mass is 227 g/mol. The van der Waals surface area contributed by atoms with Gasteiger partial charge in [0.25, 0.3) is 0 Å². The van der Waals surface area contributed by atoms with Gasteiger partial charge in [0, 0.05) is 18.5 Å². The van der Waals surface area contributed by atoms with E-state index < -0.39 is 9.84 Å². The van der Waals surface area contributed by atoms with Crippen LogP contribution in [0.1, 0.15) is 24.6 Å². The summed E-state index contributed by atoms with van der Waals surface area (Å²) in [4.78, 5) is 7.82. The van der Waals surface area contributed by atoms with Crippen molar-refractivity contribution in [2.75, 3.05) is 12.8 Å². The minimum atomic E-state index is -3.30. The van der Waals surface area contributed by atoms with E-state index in [1.807, 2.05) is 0 Å². The Hall–Kier alpha value is -1.01. The summed E-state index contributed by atoms with van der Waals surface area (Å²) in [7, 11) is -3.30. The van der Waals surface area contributed by atoms with Crippen LogP contribution in [-0.4, -0.2) is 31.2 Å². The molecule has 15 heavy (non-hydrogen) atoms. The number of nitrogens with zero attached hydrogens (tertiary/aromatic N) is 2. The standard InChI is InChI=1S/C9H13N3O2S/c1-15(13,14)9-11-6-4-8(12-9)7-3-2-5-10-7/h4,6-7,10H,2-3,5H2,1H3. The minimum Gasteiger partial charge on any atom is -0.309 e. The fourth-order valence-corrected chi connectivity index (χ4v) is 2.19. The highest BCUT2D eigenvalue weighted by atomic mass is 32.2. The van der Waals surface area contributed by atoms with Crippen molar-refractivity contribution in [3.63, 3.8) is 0 Å². The Balaban J connectivity index is 2.34. The molecule has 0 aromatic carbocycles. The highest BCUT2D eigenvalue weighted by Gasteiger charge is 2.19. The fourth-order valence-electron chi connectivity index (χ4n) is 1.66. The minimum absolute atomic E-state index is 0.0892. The third-order valence-corrected chi connectivity index (χ3v) is 3.26. The Labute approximate surface area is 88.9 Å². The lowest BCUT2D eigenvalue weighted by Gasteiger charge is -2.09. The molecule has 0 bridgehead atoms. The van der Waals surface area contributed by atoms with Crippen LogP contribution in [0.3, 0.4) is 0 Å². The van der Waals surface area contributed by atoms with Crippen molar-refractivity contribution in [1.82, 2.24) is 15.3 Å². The summed E-state index contributed by atoms with van der Waals surface area (Å²) in [5, 5.41) is 3.18. The Bertz CT molecular complexity index is 452. The summed E-state index contributed by atoms with van der Waals surface area (Å²) < 4.78 is 22.5. The van der Waals surface area contributed by atoms with Crippen LogP contribution in [-0.2, 0) is 9.84 Å². The van der Waals surface area contributed by atoms with Crippen molar-refractivity contribution in [3.8, 4) is 0 Å². The van der Waals surface area contributed by atoms with Crippen LogP contribution in [0.4, 0.5) is 0 Å². The Morgan fingerprint density at radius 3 is 2.93 bits per heavy atom. The highest BCUT2D eigenvalue weighted by Crippen LogP contribution is 2.21. The third kappa shape index (κ3) is 2.32. The molecule has 1 fully saturated rings. The second-order valence-corrected chi connectivity index (χ2v) is 5.59. The van der Waals surface area contributed by atoms with Gasteiger partial charge in [0.05, 0.1) is 5.69 Å². The molecule has 1 N–H and O–H groups in total. The summed E-state index contributed by atoms with van der Waals surface area (Å²) in [6.07, 6.45) is 4.72. The Morgan fingerprint density at radius 2 is 2.33 bits per heavy atom. The van der Waals surface area contributed by atoms with Crippen LogP contribution >= 0.6 is 0 Å². The summed E-state index contributed by atoms with van der Waals surface area (Å²) in [6, 6.07) is 1.94. The number of hydrogen-bond donors (Lipinski definition) is 1. The molecule has 2 rings (SSSR count). The van der Waals surface area contributed by atoms with E-state index >= 15 is 0 Å². The van der Waals surface area contributed by atoms with Crippen molar-refractivity contribution >= 4 is 9.84 Å². The molecule has 0 spiro atoms. The van der Waals surface area contributed by atoms with Gasteiger partial charge in [-0.1, -0.05) is 0 Å². The fraction of sp³-hybridized carbons (Fsp3) is 0.556. The molecule has 6 heteroatoms. The number of rotatable bonds is 2. The molecule has 82 valence electrons. The molecule has 0 radical (unpaired) electrons. The zero-order valence-electron chi connectivity index (χ0n) is 8.47. The summed E-state index contributed by atoms with van der Waals surface area (Å²) >= 11 is 0. The van der Waals surface area contributed by atoms with Gasteiger partial charge in [0.1, 0.15) is 0 Å². The lowest BCUT2D eigenvalue weighted by molar-refractivity contribution is 0.581. The van der Waals surface area contributed by atoms with E-state index in [9.17, 15) is 8.42 Å². The Kier molecular flexibility index (Phi) is 2.70. The number of aromatic nitrogens is 2. The molecule has 1 aliphatic heterocycles. The third-order valence-electron chi connectivity index (χ3n) is 2.40. The number of sulfone groups is 1. The molecule has 1 aliphatic rings. The molecule has 5 nitrogen and oxygen atoms in total. The molecular formula is C9H13N3O2S. The van der Waals surface area contributed by atoms with Crippen molar-refractivity contribution in [2.45, 2.75) is 24.0 Å². The second kappa shape index (κ2) is 3.86. The van der Waals surface area contributed by atoms with E-state index in [0.29, 0.717) is 0 Å². The van der Waals surface area contributed by atoms with Crippen molar-refractivity contribution < 1.29 is 8.42 Å². The summed E-state index contributed by atoms with van der Waals surface area (Å²) in [5.41, 5.74) is 0.767. The van der Waals surface area contributed by atoms with Crippen molar-refractivity contribution in [2.24, 2.45) is 0 Å². The van der Waals surface area contributed by atoms with E-state index in [1.54, 1.807) is 6.07 Å². The highest BCUT2D eigenvalue weighted by molar-refractivity contribution is 7.90. The van der Waals surface area contributed by atoms with Gasteiger partial charge in [-0.05, 0) is 25.5 Å². The first-order valence-corrected chi connectivity index (χ1v) is 6.73. The Morgan fingerprint density at radius 1 is 1.53 bits per heavy atom. The predicted octanol–water partition coefficient (Wildman–Crippen LogP) is 0.305. The molecule has 2 heterocycles. The average molecular weight is 227 g/mol. The SMILES string of the molecule is CS(=O)(=O)c1nccc(C2CCCN2)n1. The van der Waals surface area contributed by atoms with E-state index in [1.165, 1.54) is 6.20 Å². The van der Waals surface area contributed by atoms with Crippen molar-refractivity contribution in [1.29, 1.82) is 0 Å². The molecular weight excluding hydrogens is 214 g/mol. The van der Waals surface area contributed by atoms with Gasteiger partial charge in [0.2, 0.25) is 15.0 Å². The zero-order chi connectivity index (χ0) is 10.9. The van der Waals surface area contributed by atoms with Crippen LogP contribution in [0.15, 0.2) is 17.4 Å². The molecule has 1 atom stereocenters. The summed E-state index contributed by atoms with van der Waals surface area (Å²) in [5.74, 6) is 0. The maximum Gasteiger partial charge on any atom is 0.247 e. The van der Waals surface area contributed by atoms with Crippen LogP contribution in [0.25, 0.3) is 0 Å². The van der Waals surface area contributed by atoms with Gasteiger partial charge >= 0.3 is 0 Å². The second-order valence-electron chi connectivity index (χ2n) is 3.69. The van der Waals surface area contributed by atoms with E-state index in [2.05, 4.69) is 15.3 Å². The van der Waals surface area contributed by atoms with Gasteiger partial charge in [-0.2, -0.15) is 0 Å². The lowest BCUT2D eigenvalue weighted by atomic mass is 10.1. The van der Waals surface area contributed by atoms with Gasteiger partial charge in [-0.15, -0.1) is 0 Å². The molecule has 0 amide bonds. The van der Waals surface area contributed by atoms with Crippen LogP contribution in [0.2, 0.25) is 0 Å². The van der Waals surface area contributed by atoms with Gasteiger partial charge < -0.3 is 5.32 Å². The number of hydrogen-bond acceptors (Lipinski definition) is 5. The maximum atomic E-state index is 11.3. The molecule has 0 saturated carbocycles. The van der Waals surface area contributed by atoms with Gasteiger partial charge in [0.15, 0.2) is 0 Å². The quantitative estimate of drug-likeness (QED) is 0.736. The van der Waals surface area contributed by atoms with Crippen LogP contribution < -0.4 is 5.32 Å². The molecule has 1 aromatic rings. The number of nitrogens with one attached hydrogen (secondary N) is 1. The van der Waals surface area contributed by atoms with Crippen molar-refractivity contribution in [3.05, 3.63) is 18.0 Å². The van der Waals surface area contributed by atoms with Crippen LogP contribution in [0.5, 0.6) is 0 Å². The first-order chi connectivity index (χ1) is 7.07. The zero-order valence-corrected chi connectivity index (χ0v) is 9.29. The largest absolute Gasteiger partial charge is 0.309 e. The summed E-state index contributed by atoms with van der Waals surface area (Å²) in [6.45, 7) is 0.961. The smallest absolute Gasteiger partial charge is 0.247 e. The first-order valence-electron chi connectivity index (χ1n) is 4.84. The lowest BCUT2D eigenvalue weighted by Crippen LogP contribution is -2.16. The predicted molar refractivity (Wildman–Crippen MR) is 55.1 cm³/mol. The van der Waals surface area contributed by atoms with Gasteiger partial charge in [-0.3, -0.25) is 0 Å². The molecule has 1 saturated heterocycles. The molecule has 1 aromatic heterocycles. The normalized spacial score (nSPS) is 21.8. The molecule has 1 unspecified atom stereocenters. The van der Waals surface area contributed by atoms with E-state index in [0.717, 1.165) is 31.3 Å². The first kappa shape index (κ1) is 10.5. The van der Waals surface area contributed by atoms with E-state index in [-0.39, 0.29) is 11.2 Å². The van der Waals surface area contributed by atoms with Gasteiger partial charge in [-0.25, -0.2) is 18.4 Å². The topological polar surface area (TPSA) is 72.0 Å². The van der Waals surface area contributed by atoms with E-state index in [4.69, 9.17) is 0 Å². The molecule has 0 aliphatic carbocycles.